The van der Waals surface area contributed by atoms with Gasteiger partial charge in [-0.3, -0.25) is 0 Å². The lowest BCUT2D eigenvalue weighted by atomic mass is 10.1. The topological polar surface area (TPSA) is 38.9 Å². The normalized spacial score (nSPS) is 11.8. The monoisotopic (exact) mass is 254 g/mol. The number of hydrogen-bond acceptors (Lipinski definition) is 2. The highest BCUT2D eigenvalue weighted by Gasteiger charge is 2.33. The maximum atomic E-state index is 12.3. The Balaban J connectivity index is 3.24. The first kappa shape index (κ1) is 10.5. The third-order valence-electron chi connectivity index (χ3n) is 1.48. The molecule has 0 atom stereocenters. The molecule has 1 heterocycles. The summed E-state index contributed by atoms with van der Waals surface area (Å²) in [4.78, 5) is 3.66. The molecule has 0 aliphatic carbocycles. The van der Waals surface area contributed by atoms with E-state index >= 15 is 0 Å². The third-order valence-corrected chi connectivity index (χ3v) is 1.91. The van der Waals surface area contributed by atoms with Gasteiger partial charge in [0, 0.05) is 12.7 Å². The lowest BCUT2D eigenvalue weighted by Crippen LogP contribution is -2.12. The molecule has 2 N–H and O–H groups in total. The van der Waals surface area contributed by atoms with E-state index in [1.165, 1.54) is 0 Å². The number of hydrogen-bond donors (Lipinski definition) is 1. The summed E-state index contributed by atoms with van der Waals surface area (Å²) in [6.45, 7) is -0.172. The van der Waals surface area contributed by atoms with Gasteiger partial charge < -0.3 is 5.73 Å². The van der Waals surface area contributed by atoms with Crippen molar-refractivity contribution in [2.45, 2.75) is 12.7 Å². The summed E-state index contributed by atoms with van der Waals surface area (Å²) in [6, 6.07) is 0.919. The fraction of sp³-hybridized carbons (Fsp3) is 0.286. The van der Waals surface area contributed by atoms with Crippen molar-refractivity contribution in [2.75, 3.05) is 0 Å². The zero-order chi connectivity index (χ0) is 10.1. The number of aromatic nitrogens is 1. The summed E-state index contributed by atoms with van der Waals surface area (Å²) >= 11 is 2.87. The number of halogens is 4. The number of nitrogens with two attached hydrogens (primary N) is 1. The van der Waals surface area contributed by atoms with E-state index in [0.29, 0.717) is 0 Å². The van der Waals surface area contributed by atoms with Gasteiger partial charge in [-0.25, -0.2) is 4.98 Å². The Kier molecular flexibility index (Phi) is 2.92. The quantitative estimate of drug-likeness (QED) is 0.782. The van der Waals surface area contributed by atoms with Gasteiger partial charge in [0.25, 0.3) is 0 Å². The van der Waals surface area contributed by atoms with Crippen molar-refractivity contribution in [1.82, 2.24) is 4.98 Å². The average molecular weight is 255 g/mol. The summed E-state index contributed by atoms with van der Waals surface area (Å²) < 4.78 is 37.1. The summed E-state index contributed by atoms with van der Waals surface area (Å²) in [6.07, 6.45) is -3.26. The van der Waals surface area contributed by atoms with Crippen LogP contribution in [-0.2, 0) is 12.7 Å². The Morgan fingerprint density at radius 1 is 1.46 bits per heavy atom. The first-order valence-corrected chi connectivity index (χ1v) is 4.16. The van der Waals surface area contributed by atoms with E-state index in [-0.39, 0.29) is 16.7 Å². The van der Waals surface area contributed by atoms with Crippen LogP contribution in [-0.4, -0.2) is 4.98 Å². The van der Waals surface area contributed by atoms with Gasteiger partial charge in [0.1, 0.15) is 4.60 Å². The SMILES string of the molecule is NCc1cnc(Br)cc1C(F)(F)F. The molecule has 1 aromatic heterocycles. The summed E-state index contributed by atoms with van der Waals surface area (Å²) in [5, 5.41) is 0. The van der Waals surface area contributed by atoms with Crippen LogP contribution in [0.3, 0.4) is 0 Å². The predicted molar refractivity (Wildman–Crippen MR) is 44.8 cm³/mol. The van der Waals surface area contributed by atoms with E-state index in [9.17, 15) is 13.2 Å². The Morgan fingerprint density at radius 2 is 2.08 bits per heavy atom. The Hall–Kier alpha value is -0.620. The molecule has 0 amide bonds. The molecular formula is C7H6BrF3N2. The Morgan fingerprint density at radius 3 is 2.54 bits per heavy atom. The van der Waals surface area contributed by atoms with Crippen molar-refractivity contribution in [2.24, 2.45) is 5.73 Å². The second-order valence-corrected chi connectivity index (χ2v) is 3.18. The van der Waals surface area contributed by atoms with Crippen molar-refractivity contribution in [3.8, 4) is 0 Å². The zero-order valence-electron chi connectivity index (χ0n) is 6.40. The van der Waals surface area contributed by atoms with E-state index < -0.39 is 11.7 Å². The maximum absolute atomic E-state index is 12.3. The molecule has 13 heavy (non-hydrogen) atoms. The Bertz CT molecular complexity index is 311. The van der Waals surface area contributed by atoms with Crippen LogP contribution in [0.4, 0.5) is 13.2 Å². The zero-order valence-corrected chi connectivity index (χ0v) is 7.98. The highest BCUT2D eigenvalue weighted by molar-refractivity contribution is 9.10. The molecule has 2 nitrogen and oxygen atoms in total. The van der Waals surface area contributed by atoms with Crippen LogP contribution >= 0.6 is 15.9 Å². The molecule has 1 aromatic rings. The van der Waals surface area contributed by atoms with Gasteiger partial charge in [0.05, 0.1) is 5.56 Å². The average Bonchev–Trinajstić information content (AvgIpc) is 2.03. The molecule has 0 saturated carbocycles. The minimum absolute atomic E-state index is 0.00398. The standard InChI is InChI=1S/C7H6BrF3N2/c8-6-1-5(7(9,10)11)4(2-12)3-13-6/h1,3H,2,12H2. The van der Waals surface area contributed by atoms with E-state index in [1.807, 2.05) is 0 Å². The molecule has 0 aromatic carbocycles. The van der Waals surface area contributed by atoms with Crippen molar-refractivity contribution in [1.29, 1.82) is 0 Å². The lowest BCUT2D eigenvalue weighted by molar-refractivity contribution is -0.138. The molecule has 0 unspecified atom stereocenters. The highest BCUT2D eigenvalue weighted by Crippen LogP contribution is 2.32. The predicted octanol–water partition coefficient (Wildman–Crippen LogP) is 2.32. The molecule has 0 radical (unpaired) electrons. The number of alkyl halides is 3. The fourth-order valence-corrected chi connectivity index (χ4v) is 1.22. The number of rotatable bonds is 1. The lowest BCUT2D eigenvalue weighted by Gasteiger charge is -2.10. The van der Waals surface area contributed by atoms with Crippen LogP contribution in [0.1, 0.15) is 11.1 Å². The van der Waals surface area contributed by atoms with Crippen molar-refractivity contribution in [3.05, 3.63) is 28.0 Å². The van der Waals surface area contributed by atoms with Crippen LogP contribution in [0.2, 0.25) is 0 Å². The van der Waals surface area contributed by atoms with E-state index in [0.717, 1.165) is 12.3 Å². The molecule has 72 valence electrons. The minimum atomic E-state index is -4.37. The van der Waals surface area contributed by atoms with Gasteiger partial charge in [0.15, 0.2) is 0 Å². The first-order valence-electron chi connectivity index (χ1n) is 3.37. The second-order valence-electron chi connectivity index (χ2n) is 2.37. The number of pyridine rings is 1. The molecule has 1 rings (SSSR count). The van der Waals surface area contributed by atoms with Crippen LogP contribution in [0.15, 0.2) is 16.9 Å². The number of nitrogens with zero attached hydrogens (tertiary/aromatic N) is 1. The summed E-state index contributed by atoms with van der Waals surface area (Å²) in [5.41, 5.74) is 4.40. The van der Waals surface area contributed by atoms with Crippen LogP contribution < -0.4 is 5.73 Å². The van der Waals surface area contributed by atoms with Gasteiger partial charge in [0.2, 0.25) is 0 Å². The summed E-state index contributed by atoms with van der Waals surface area (Å²) in [7, 11) is 0. The minimum Gasteiger partial charge on any atom is -0.326 e. The van der Waals surface area contributed by atoms with Gasteiger partial charge in [-0.15, -0.1) is 0 Å². The second kappa shape index (κ2) is 3.63. The highest BCUT2D eigenvalue weighted by atomic mass is 79.9. The summed E-state index contributed by atoms with van der Waals surface area (Å²) in [5.74, 6) is 0. The smallest absolute Gasteiger partial charge is 0.326 e. The molecule has 6 heteroatoms. The van der Waals surface area contributed by atoms with Crippen LogP contribution in [0, 0.1) is 0 Å². The van der Waals surface area contributed by atoms with Gasteiger partial charge in [-0.2, -0.15) is 13.2 Å². The van der Waals surface area contributed by atoms with E-state index in [2.05, 4.69) is 20.9 Å². The first-order chi connectivity index (χ1) is 5.95. The van der Waals surface area contributed by atoms with Gasteiger partial charge in [-0.1, -0.05) is 0 Å². The fourth-order valence-electron chi connectivity index (χ4n) is 0.885. The third kappa shape index (κ3) is 2.41. The van der Waals surface area contributed by atoms with Crippen molar-refractivity contribution in [3.63, 3.8) is 0 Å². The van der Waals surface area contributed by atoms with Gasteiger partial charge >= 0.3 is 6.18 Å². The molecule has 0 aliphatic rings. The van der Waals surface area contributed by atoms with Crippen LogP contribution in [0.25, 0.3) is 0 Å². The van der Waals surface area contributed by atoms with E-state index in [4.69, 9.17) is 5.73 Å². The Labute approximate surface area is 81.1 Å². The van der Waals surface area contributed by atoms with Crippen molar-refractivity contribution < 1.29 is 13.2 Å². The van der Waals surface area contributed by atoms with Crippen LogP contribution in [0.5, 0.6) is 0 Å². The van der Waals surface area contributed by atoms with E-state index in [1.54, 1.807) is 0 Å². The molecule has 0 spiro atoms. The molecule has 0 saturated heterocycles. The van der Waals surface area contributed by atoms with Crippen molar-refractivity contribution >= 4 is 15.9 Å². The largest absolute Gasteiger partial charge is 0.416 e. The molecule has 0 fully saturated rings. The maximum Gasteiger partial charge on any atom is 0.416 e. The molecular weight excluding hydrogens is 249 g/mol. The molecule has 0 bridgehead atoms. The molecule has 0 aliphatic heterocycles. The van der Waals surface area contributed by atoms with Gasteiger partial charge in [-0.05, 0) is 27.6 Å².